The van der Waals surface area contributed by atoms with Gasteiger partial charge in [0.15, 0.2) is 0 Å². The van der Waals surface area contributed by atoms with E-state index >= 15 is 0 Å². The summed E-state index contributed by atoms with van der Waals surface area (Å²) in [6.07, 6.45) is 0.272. The Morgan fingerprint density at radius 3 is 2.60 bits per heavy atom. The molecule has 1 aliphatic heterocycles. The van der Waals surface area contributed by atoms with Gasteiger partial charge in [0.2, 0.25) is 0 Å². The minimum Gasteiger partial charge on any atom is -0.492 e. The Morgan fingerprint density at radius 1 is 1.20 bits per heavy atom. The maximum Gasteiger partial charge on any atom is 0.125 e. The molecular weight excluding hydrogens is 252 g/mol. The average Bonchev–Trinajstić information content (AvgIpc) is 2.49. The molecular formula is C16H26N2O2. The largest absolute Gasteiger partial charge is 0.492 e. The first-order valence-corrected chi connectivity index (χ1v) is 7.51. The molecule has 0 radical (unpaired) electrons. The summed E-state index contributed by atoms with van der Waals surface area (Å²) in [5, 5.41) is 9.99. The van der Waals surface area contributed by atoms with Crippen LogP contribution in [0.15, 0.2) is 24.3 Å². The molecule has 0 saturated carbocycles. The monoisotopic (exact) mass is 278 g/mol. The molecule has 0 unspecified atom stereocenters. The lowest BCUT2D eigenvalue weighted by Crippen LogP contribution is -2.45. The molecule has 112 valence electrons. The van der Waals surface area contributed by atoms with Gasteiger partial charge in [-0.3, -0.25) is 4.90 Å². The zero-order valence-electron chi connectivity index (χ0n) is 12.6. The van der Waals surface area contributed by atoms with Crippen molar-refractivity contribution in [2.45, 2.75) is 19.4 Å². The van der Waals surface area contributed by atoms with Crippen molar-refractivity contribution >= 4 is 0 Å². The van der Waals surface area contributed by atoms with Crippen molar-refractivity contribution in [2.75, 3.05) is 46.4 Å². The number of hydrogen-bond donors (Lipinski definition) is 1. The predicted molar refractivity (Wildman–Crippen MR) is 81.1 cm³/mol. The van der Waals surface area contributed by atoms with E-state index in [0.717, 1.165) is 44.0 Å². The number of benzene rings is 1. The van der Waals surface area contributed by atoms with Gasteiger partial charge >= 0.3 is 0 Å². The summed E-state index contributed by atoms with van der Waals surface area (Å²) in [5.74, 6) is 0.816. The quantitative estimate of drug-likeness (QED) is 0.860. The smallest absolute Gasteiger partial charge is 0.125 e. The minimum atomic E-state index is -0.435. The second-order valence-corrected chi connectivity index (χ2v) is 5.46. The minimum absolute atomic E-state index is 0.435. The summed E-state index contributed by atoms with van der Waals surface area (Å²) in [6, 6.07) is 7.79. The molecule has 4 nitrogen and oxygen atoms in total. The second-order valence-electron chi connectivity index (χ2n) is 5.46. The van der Waals surface area contributed by atoms with E-state index in [1.54, 1.807) is 0 Å². The molecule has 0 spiro atoms. The fourth-order valence-electron chi connectivity index (χ4n) is 2.46. The van der Waals surface area contributed by atoms with Gasteiger partial charge in [0.05, 0.1) is 6.10 Å². The van der Waals surface area contributed by atoms with Gasteiger partial charge < -0.3 is 14.7 Å². The highest BCUT2D eigenvalue weighted by atomic mass is 16.5. The van der Waals surface area contributed by atoms with Crippen molar-refractivity contribution in [2.24, 2.45) is 0 Å². The maximum absolute atomic E-state index is 9.99. The molecule has 0 bridgehead atoms. The molecule has 1 aromatic carbocycles. The van der Waals surface area contributed by atoms with Gasteiger partial charge in [0.1, 0.15) is 12.4 Å². The number of aliphatic hydroxyl groups is 1. The van der Waals surface area contributed by atoms with Gasteiger partial charge in [0, 0.05) is 38.3 Å². The third-order valence-electron chi connectivity index (χ3n) is 3.93. The van der Waals surface area contributed by atoms with Gasteiger partial charge in [-0.2, -0.15) is 0 Å². The summed E-state index contributed by atoms with van der Waals surface area (Å²) < 4.78 is 5.87. The Balaban J connectivity index is 1.82. The maximum atomic E-state index is 9.99. The fraction of sp³-hybridized carbons (Fsp3) is 0.625. The van der Waals surface area contributed by atoms with E-state index in [1.807, 2.05) is 31.2 Å². The molecule has 1 saturated heterocycles. The highest BCUT2D eigenvalue weighted by Crippen LogP contribution is 2.26. The average molecular weight is 278 g/mol. The summed E-state index contributed by atoms with van der Waals surface area (Å²) in [6.45, 7) is 8.09. The predicted octanol–water partition coefficient (Wildman–Crippen LogP) is 1.76. The molecule has 1 atom stereocenters. The number of piperazine rings is 1. The zero-order chi connectivity index (χ0) is 14.4. The van der Waals surface area contributed by atoms with Crippen molar-refractivity contribution in [3.05, 3.63) is 29.8 Å². The van der Waals surface area contributed by atoms with Crippen LogP contribution < -0.4 is 4.74 Å². The van der Waals surface area contributed by atoms with Crippen LogP contribution >= 0.6 is 0 Å². The lowest BCUT2D eigenvalue weighted by Gasteiger charge is -2.32. The number of likely N-dealkylation sites (N-methyl/N-ethyl adjacent to an activating group) is 1. The lowest BCUT2D eigenvalue weighted by atomic mass is 10.1. The molecule has 2 rings (SSSR count). The summed E-state index contributed by atoms with van der Waals surface area (Å²) in [7, 11) is 2.16. The highest BCUT2D eigenvalue weighted by Gasteiger charge is 2.14. The molecule has 1 fully saturated rings. The van der Waals surface area contributed by atoms with E-state index in [9.17, 15) is 5.11 Å². The Kier molecular flexibility index (Phi) is 5.83. The van der Waals surface area contributed by atoms with E-state index in [-0.39, 0.29) is 0 Å². The molecule has 1 aromatic rings. The van der Waals surface area contributed by atoms with E-state index < -0.39 is 6.10 Å². The van der Waals surface area contributed by atoms with Crippen molar-refractivity contribution in [3.63, 3.8) is 0 Å². The van der Waals surface area contributed by atoms with Gasteiger partial charge in [0.25, 0.3) is 0 Å². The second kappa shape index (κ2) is 7.62. The Morgan fingerprint density at radius 2 is 1.90 bits per heavy atom. The van der Waals surface area contributed by atoms with Crippen LogP contribution in [0.4, 0.5) is 0 Å². The number of nitrogens with zero attached hydrogens (tertiary/aromatic N) is 2. The summed E-state index contributed by atoms with van der Waals surface area (Å²) >= 11 is 0. The SMILES string of the molecule is CC[C@H](O)c1ccccc1OCCN1CCN(C)CC1. The van der Waals surface area contributed by atoms with Crippen LogP contribution in [-0.4, -0.2) is 61.3 Å². The third kappa shape index (κ3) is 4.20. The van der Waals surface area contributed by atoms with E-state index in [1.165, 1.54) is 0 Å². The molecule has 0 aliphatic carbocycles. The van der Waals surface area contributed by atoms with Crippen LogP contribution in [0, 0.1) is 0 Å². The van der Waals surface area contributed by atoms with Crippen molar-refractivity contribution < 1.29 is 9.84 Å². The topological polar surface area (TPSA) is 35.9 Å². The third-order valence-corrected chi connectivity index (χ3v) is 3.93. The van der Waals surface area contributed by atoms with E-state index in [0.29, 0.717) is 13.0 Å². The number of aliphatic hydroxyl groups excluding tert-OH is 1. The van der Waals surface area contributed by atoms with Gasteiger partial charge in [-0.15, -0.1) is 0 Å². The fourth-order valence-corrected chi connectivity index (χ4v) is 2.46. The van der Waals surface area contributed by atoms with E-state index in [4.69, 9.17) is 4.74 Å². The normalized spacial score (nSPS) is 18.9. The van der Waals surface area contributed by atoms with Crippen LogP contribution in [0.1, 0.15) is 25.0 Å². The Hall–Kier alpha value is -1.10. The van der Waals surface area contributed by atoms with E-state index in [2.05, 4.69) is 16.8 Å². The van der Waals surface area contributed by atoms with Crippen molar-refractivity contribution in [1.82, 2.24) is 9.80 Å². The molecule has 1 N–H and O–H groups in total. The van der Waals surface area contributed by atoms with Crippen LogP contribution in [0.25, 0.3) is 0 Å². The number of hydrogen-bond acceptors (Lipinski definition) is 4. The first kappa shape index (κ1) is 15.3. The first-order valence-electron chi connectivity index (χ1n) is 7.51. The van der Waals surface area contributed by atoms with Crippen LogP contribution in [0.2, 0.25) is 0 Å². The molecule has 4 heteroatoms. The number of para-hydroxylation sites is 1. The lowest BCUT2D eigenvalue weighted by molar-refractivity contribution is 0.130. The molecule has 0 amide bonds. The number of ether oxygens (including phenoxy) is 1. The van der Waals surface area contributed by atoms with Gasteiger partial charge in [-0.25, -0.2) is 0 Å². The molecule has 1 aliphatic rings. The molecule has 1 heterocycles. The highest BCUT2D eigenvalue weighted by molar-refractivity contribution is 5.34. The van der Waals surface area contributed by atoms with Gasteiger partial charge in [-0.05, 0) is 19.5 Å². The summed E-state index contributed by atoms with van der Waals surface area (Å²) in [4.78, 5) is 4.78. The Bertz CT molecular complexity index is 403. The number of rotatable bonds is 6. The zero-order valence-corrected chi connectivity index (χ0v) is 12.6. The van der Waals surface area contributed by atoms with Gasteiger partial charge in [-0.1, -0.05) is 25.1 Å². The van der Waals surface area contributed by atoms with Crippen LogP contribution in [-0.2, 0) is 0 Å². The summed E-state index contributed by atoms with van der Waals surface area (Å²) in [5.41, 5.74) is 0.897. The van der Waals surface area contributed by atoms with Crippen LogP contribution in [0.5, 0.6) is 5.75 Å². The molecule has 20 heavy (non-hydrogen) atoms. The van der Waals surface area contributed by atoms with Crippen LogP contribution in [0.3, 0.4) is 0 Å². The standard InChI is InChI=1S/C16H26N2O2/c1-3-15(19)14-6-4-5-7-16(14)20-13-12-18-10-8-17(2)9-11-18/h4-7,15,19H,3,8-13H2,1-2H3/t15-/m0/s1. The first-order chi connectivity index (χ1) is 9.70. The van der Waals surface area contributed by atoms with Crippen molar-refractivity contribution in [3.8, 4) is 5.75 Å². The molecule has 0 aromatic heterocycles. The van der Waals surface area contributed by atoms with Crippen molar-refractivity contribution in [1.29, 1.82) is 0 Å². The Labute approximate surface area is 122 Å².